The van der Waals surface area contributed by atoms with Crippen LogP contribution in [0.2, 0.25) is 0 Å². The molecule has 8 heteroatoms. The highest BCUT2D eigenvalue weighted by Gasteiger charge is 2.38. The van der Waals surface area contributed by atoms with Crippen LogP contribution < -0.4 is 0 Å². The Balaban J connectivity index is 2.07. The molecule has 1 aromatic heterocycles. The molecule has 2 aromatic rings. The second kappa shape index (κ2) is 4.87. The van der Waals surface area contributed by atoms with Gasteiger partial charge in [0.2, 0.25) is 15.3 Å². The molecule has 0 amide bonds. The van der Waals surface area contributed by atoms with E-state index >= 15 is 0 Å². The Kier molecular flexibility index (Phi) is 3.27. The van der Waals surface area contributed by atoms with Crippen molar-refractivity contribution >= 4 is 9.84 Å². The molecule has 2 heterocycles. The monoisotopic (exact) mass is 313 g/mol. The Morgan fingerprint density at radius 2 is 2.00 bits per heavy atom. The number of halogens is 2. The zero-order valence-electron chi connectivity index (χ0n) is 11.1. The molecule has 0 saturated carbocycles. The van der Waals surface area contributed by atoms with Gasteiger partial charge in [0.05, 0.1) is 6.04 Å². The standard InChI is InChI=1S/C13H13F2N3O2S/c1-8(14)21(19,20)13-16-12-10(15)7-11(18(12)17-13)9-5-3-2-4-6-9/h2-6,8,10-11H,7H2,1H3/t8?,10-,11-/m0/s1. The fraction of sp³-hybridized carbons (Fsp3) is 0.385. The third-order valence-corrected chi connectivity index (χ3v) is 5.05. The fourth-order valence-corrected chi connectivity index (χ4v) is 3.09. The van der Waals surface area contributed by atoms with E-state index in [-0.39, 0.29) is 12.2 Å². The van der Waals surface area contributed by atoms with Gasteiger partial charge in [-0.2, -0.15) is 4.98 Å². The lowest BCUT2D eigenvalue weighted by Gasteiger charge is -2.11. The van der Waals surface area contributed by atoms with Crippen molar-refractivity contribution in [1.29, 1.82) is 0 Å². The topological polar surface area (TPSA) is 64.8 Å². The van der Waals surface area contributed by atoms with Crippen LogP contribution >= 0.6 is 0 Å². The molecule has 0 radical (unpaired) electrons. The first-order valence-electron chi connectivity index (χ1n) is 6.44. The van der Waals surface area contributed by atoms with Crippen LogP contribution in [0.3, 0.4) is 0 Å². The van der Waals surface area contributed by atoms with Crippen LogP contribution in [0.15, 0.2) is 35.5 Å². The summed E-state index contributed by atoms with van der Waals surface area (Å²) < 4.78 is 52.0. The van der Waals surface area contributed by atoms with E-state index in [1.54, 1.807) is 24.3 Å². The number of nitrogens with zero attached hydrogens (tertiary/aromatic N) is 3. The highest BCUT2D eigenvalue weighted by Crippen LogP contribution is 2.39. The van der Waals surface area contributed by atoms with Crippen molar-refractivity contribution < 1.29 is 17.2 Å². The van der Waals surface area contributed by atoms with Gasteiger partial charge >= 0.3 is 0 Å². The van der Waals surface area contributed by atoms with Crippen LogP contribution in [0.25, 0.3) is 0 Å². The highest BCUT2D eigenvalue weighted by atomic mass is 32.2. The summed E-state index contributed by atoms with van der Waals surface area (Å²) in [6.45, 7) is 0.892. The van der Waals surface area contributed by atoms with Gasteiger partial charge in [-0.25, -0.2) is 21.9 Å². The number of fused-ring (bicyclic) bond motifs is 1. The number of hydrogen-bond donors (Lipinski definition) is 0. The first kappa shape index (κ1) is 14.1. The molecule has 1 aliphatic heterocycles. The SMILES string of the molecule is CC(F)S(=O)(=O)c1nc2n(n1)[C@H](c1ccccc1)C[C@@H]2F. The van der Waals surface area contributed by atoms with E-state index in [9.17, 15) is 17.2 Å². The van der Waals surface area contributed by atoms with E-state index in [2.05, 4.69) is 10.1 Å². The molecule has 1 aromatic carbocycles. The van der Waals surface area contributed by atoms with E-state index < -0.39 is 32.7 Å². The third kappa shape index (κ3) is 2.23. The number of benzene rings is 1. The minimum atomic E-state index is -4.26. The summed E-state index contributed by atoms with van der Waals surface area (Å²) >= 11 is 0. The molecule has 0 bridgehead atoms. The summed E-state index contributed by atoms with van der Waals surface area (Å²) in [5, 5.41) is 3.17. The maximum Gasteiger partial charge on any atom is 0.270 e. The smallest absolute Gasteiger partial charge is 0.239 e. The van der Waals surface area contributed by atoms with E-state index in [0.29, 0.717) is 0 Å². The molecule has 0 aliphatic carbocycles. The first-order chi connectivity index (χ1) is 9.91. The highest BCUT2D eigenvalue weighted by molar-refractivity contribution is 7.91. The maximum atomic E-state index is 14.0. The average molecular weight is 313 g/mol. The van der Waals surface area contributed by atoms with Crippen molar-refractivity contribution in [3.05, 3.63) is 41.7 Å². The van der Waals surface area contributed by atoms with Gasteiger partial charge in [0.1, 0.15) is 0 Å². The molecule has 112 valence electrons. The molecule has 0 spiro atoms. The van der Waals surface area contributed by atoms with E-state index in [1.807, 2.05) is 6.07 Å². The minimum Gasteiger partial charge on any atom is -0.239 e. The summed E-state index contributed by atoms with van der Waals surface area (Å²) in [5.41, 5.74) is -1.32. The Labute approximate surface area is 120 Å². The molecule has 1 aliphatic rings. The number of rotatable bonds is 3. The van der Waals surface area contributed by atoms with Crippen molar-refractivity contribution in [2.75, 3.05) is 0 Å². The van der Waals surface area contributed by atoms with Crippen molar-refractivity contribution in [2.24, 2.45) is 0 Å². The first-order valence-corrected chi connectivity index (χ1v) is 7.99. The quantitative estimate of drug-likeness (QED) is 0.872. The molecule has 3 atom stereocenters. The Morgan fingerprint density at radius 1 is 1.33 bits per heavy atom. The summed E-state index contributed by atoms with van der Waals surface area (Å²) in [6.07, 6.45) is -1.27. The van der Waals surface area contributed by atoms with Gasteiger partial charge in [-0.3, -0.25) is 0 Å². The summed E-state index contributed by atoms with van der Waals surface area (Å²) in [5.74, 6) is -0.0666. The second-order valence-electron chi connectivity index (χ2n) is 4.91. The zero-order chi connectivity index (χ0) is 15.2. The molecule has 0 fully saturated rings. The number of sulfone groups is 1. The lowest BCUT2D eigenvalue weighted by molar-refractivity contribution is 0.326. The minimum absolute atomic E-state index is 0.0666. The molecule has 21 heavy (non-hydrogen) atoms. The Hall–Kier alpha value is -1.83. The van der Waals surface area contributed by atoms with Crippen molar-refractivity contribution in [1.82, 2.24) is 14.8 Å². The summed E-state index contributed by atoms with van der Waals surface area (Å²) in [7, 11) is -4.26. The molecular formula is C13H13F2N3O2S. The molecule has 1 unspecified atom stereocenters. The molecule has 3 rings (SSSR count). The van der Waals surface area contributed by atoms with Gasteiger partial charge in [-0.1, -0.05) is 30.3 Å². The van der Waals surface area contributed by atoms with Crippen LogP contribution in [-0.2, 0) is 9.84 Å². The number of aromatic nitrogens is 3. The van der Waals surface area contributed by atoms with Gasteiger partial charge in [-0.05, 0) is 12.5 Å². The van der Waals surface area contributed by atoms with Crippen LogP contribution in [0.5, 0.6) is 0 Å². The van der Waals surface area contributed by atoms with Crippen LogP contribution in [0.4, 0.5) is 8.78 Å². The van der Waals surface area contributed by atoms with Gasteiger partial charge in [0, 0.05) is 6.42 Å². The van der Waals surface area contributed by atoms with Crippen LogP contribution in [0.1, 0.15) is 36.9 Å². The molecule has 5 nitrogen and oxygen atoms in total. The second-order valence-corrected chi connectivity index (χ2v) is 7.02. The Morgan fingerprint density at radius 3 is 2.62 bits per heavy atom. The van der Waals surface area contributed by atoms with Gasteiger partial charge in [-0.15, -0.1) is 5.10 Å². The lowest BCUT2D eigenvalue weighted by Crippen LogP contribution is -2.16. The van der Waals surface area contributed by atoms with E-state index in [0.717, 1.165) is 12.5 Å². The van der Waals surface area contributed by atoms with Gasteiger partial charge in [0.15, 0.2) is 12.0 Å². The number of alkyl halides is 2. The maximum absolute atomic E-state index is 14.0. The average Bonchev–Trinajstić information content (AvgIpc) is 3.01. The third-order valence-electron chi connectivity index (χ3n) is 3.51. The van der Waals surface area contributed by atoms with Gasteiger partial charge < -0.3 is 0 Å². The van der Waals surface area contributed by atoms with Gasteiger partial charge in [0.25, 0.3) is 5.16 Å². The predicted octanol–water partition coefficient (Wildman–Crippen LogP) is 2.37. The summed E-state index contributed by atoms with van der Waals surface area (Å²) in [4.78, 5) is 3.69. The lowest BCUT2D eigenvalue weighted by atomic mass is 10.0. The van der Waals surface area contributed by atoms with Crippen molar-refractivity contribution in [3.63, 3.8) is 0 Å². The van der Waals surface area contributed by atoms with Crippen LogP contribution in [0, 0.1) is 0 Å². The van der Waals surface area contributed by atoms with Crippen molar-refractivity contribution in [2.45, 2.75) is 36.2 Å². The fourth-order valence-electron chi connectivity index (χ4n) is 2.38. The summed E-state index contributed by atoms with van der Waals surface area (Å²) in [6, 6.07) is 8.62. The predicted molar refractivity (Wildman–Crippen MR) is 70.8 cm³/mol. The van der Waals surface area contributed by atoms with Crippen molar-refractivity contribution in [3.8, 4) is 0 Å². The van der Waals surface area contributed by atoms with Crippen LogP contribution in [-0.4, -0.2) is 28.7 Å². The Bertz CT molecular complexity index is 759. The van der Waals surface area contributed by atoms with E-state index in [4.69, 9.17) is 0 Å². The molecule has 0 saturated heterocycles. The molecule has 0 N–H and O–H groups in total. The largest absolute Gasteiger partial charge is 0.270 e. The normalized spacial score (nSPS) is 23.0. The number of hydrogen-bond acceptors (Lipinski definition) is 4. The molecular weight excluding hydrogens is 300 g/mol. The van der Waals surface area contributed by atoms with E-state index in [1.165, 1.54) is 4.68 Å². The zero-order valence-corrected chi connectivity index (χ0v) is 12.0.